The highest BCUT2D eigenvalue weighted by atomic mass is 16.7. The van der Waals surface area contributed by atoms with Crippen molar-refractivity contribution in [3.8, 4) is 17.2 Å². The van der Waals surface area contributed by atoms with Crippen LogP contribution in [-0.4, -0.2) is 73.3 Å². The number of rotatable bonds is 6. The summed E-state index contributed by atoms with van der Waals surface area (Å²) in [6.07, 6.45) is 1.01. The van der Waals surface area contributed by atoms with E-state index < -0.39 is 0 Å². The third-order valence-electron chi connectivity index (χ3n) is 7.00. The molecule has 7 heteroatoms. The number of piperazine rings is 1. The van der Waals surface area contributed by atoms with E-state index >= 15 is 0 Å². The molecule has 0 radical (unpaired) electrons. The summed E-state index contributed by atoms with van der Waals surface area (Å²) in [6, 6.07) is 12.9. The van der Waals surface area contributed by atoms with Crippen LogP contribution in [0.1, 0.15) is 30.5 Å². The van der Waals surface area contributed by atoms with E-state index in [1.165, 1.54) is 16.7 Å². The van der Waals surface area contributed by atoms with E-state index in [0.29, 0.717) is 12.7 Å². The van der Waals surface area contributed by atoms with Crippen molar-refractivity contribution in [3.63, 3.8) is 0 Å². The van der Waals surface area contributed by atoms with Crippen molar-refractivity contribution in [2.24, 2.45) is 5.92 Å². The Hall–Kier alpha value is -2.77. The molecule has 0 aliphatic carbocycles. The van der Waals surface area contributed by atoms with Gasteiger partial charge >= 0.3 is 0 Å². The van der Waals surface area contributed by atoms with Crippen LogP contribution in [0, 0.1) is 5.92 Å². The van der Waals surface area contributed by atoms with Crippen LogP contribution in [0.25, 0.3) is 0 Å². The topological polar surface area (TPSA) is 54.5 Å². The fourth-order valence-corrected chi connectivity index (χ4v) is 5.21. The molecule has 5 rings (SSSR count). The Morgan fingerprint density at radius 1 is 0.882 bits per heavy atom. The fraction of sp³-hybridized carbons (Fsp3) is 0.519. The zero-order chi connectivity index (χ0) is 23.5. The number of hydrogen-bond acceptors (Lipinski definition) is 6. The third-order valence-corrected chi connectivity index (χ3v) is 7.00. The lowest BCUT2D eigenvalue weighted by atomic mass is 9.99. The van der Waals surface area contributed by atoms with Crippen LogP contribution >= 0.6 is 0 Å². The van der Waals surface area contributed by atoms with Crippen molar-refractivity contribution in [1.82, 2.24) is 14.7 Å². The summed E-state index contributed by atoms with van der Waals surface area (Å²) >= 11 is 0. The van der Waals surface area contributed by atoms with Gasteiger partial charge in [-0.15, -0.1) is 0 Å². The molecular weight excluding hydrogens is 430 g/mol. The second kappa shape index (κ2) is 10.2. The highest BCUT2D eigenvalue weighted by Gasteiger charge is 2.21. The maximum Gasteiger partial charge on any atom is 0.231 e. The smallest absolute Gasteiger partial charge is 0.231 e. The molecule has 3 aliphatic rings. The maximum absolute atomic E-state index is 11.6. The number of fused-ring (bicyclic) bond motifs is 2. The van der Waals surface area contributed by atoms with Gasteiger partial charge in [0.1, 0.15) is 12.4 Å². The number of benzene rings is 2. The molecule has 7 nitrogen and oxygen atoms in total. The summed E-state index contributed by atoms with van der Waals surface area (Å²) < 4.78 is 17.1. The highest BCUT2D eigenvalue weighted by Crippen LogP contribution is 2.33. The Labute approximate surface area is 202 Å². The van der Waals surface area contributed by atoms with Gasteiger partial charge in [-0.3, -0.25) is 14.6 Å². The number of amides is 1. The van der Waals surface area contributed by atoms with E-state index in [4.69, 9.17) is 14.2 Å². The molecule has 0 bridgehead atoms. The fourth-order valence-electron chi connectivity index (χ4n) is 5.21. The lowest BCUT2D eigenvalue weighted by molar-refractivity contribution is -0.130. The van der Waals surface area contributed by atoms with E-state index in [0.717, 1.165) is 82.6 Å². The summed E-state index contributed by atoms with van der Waals surface area (Å²) in [5.74, 6) is 3.40. The van der Waals surface area contributed by atoms with Crippen LogP contribution in [0.4, 0.5) is 0 Å². The molecule has 3 aliphatic heterocycles. The molecule has 3 heterocycles. The van der Waals surface area contributed by atoms with Gasteiger partial charge in [-0.05, 0) is 47.7 Å². The van der Waals surface area contributed by atoms with Crippen molar-refractivity contribution in [1.29, 1.82) is 0 Å². The van der Waals surface area contributed by atoms with Crippen LogP contribution in [0.3, 0.4) is 0 Å². The summed E-state index contributed by atoms with van der Waals surface area (Å²) in [5.41, 5.74) is 3.87. The standard InChI is InChI=1S/C27H35N3O4/c1-20(13-22-3-6-26-27(15-22)34-19-33-26)16-29-11-12-32-25-5-4-23(14-24(25)18-29)17-28-7-9-30(10-8-28)21(2)31/h3-6,14-15,20H,7-13,16-19H2,1-2H3/t20-/m0/s1. The molecule has 2 aromatic rings. The first-order valence-electron chi connectivity index (χ1n) is 12.4. The SMILES string of the molecule is CC(=O)N1CCN(Cc2ccc3c(c2)CN(C[C@@H](C)Cc2ccc4c(c2)OCO4)CCO3)CC1. The molecule has 0 aromatic heterocycles. The van der Waals surface area contributed by atoms with Crippen LogP contribution in [0.15, 0.2) is 36.4 Å². The van der Waals surface area contributed by atoms with Gasteiger partial charge in [0.2, 0.25) is 12.7 Å². The van der Waals surface area contributed by atoms with Gasteiger partial charge in [-0.1, -0.05) is 19.1 Å². The van der Waals surface area contributed by atoms with Gasteiger partial charge in [0, 0.05) is 64.8 Å². The largest absolute Gasteiger partial charge is 0.492 e. The second-order valence-corrected chi connectivity index (χ2v) is 9.80. The predicted molar refractivity (Wildman–Crippen MR) is 130 cm³/mol. The van der Waals surface area contributed by atoms with Crippen LogP contribution in [0.2, 0.25) is 0 Å². The Morgan fingerprint density at radius 2 is 1.65 bits per heavy atom. The lowest BCUT2D eigenvalue weighted by Gasteiger charge is -2.34. The molecule has 1 saturated heterocycles. The average molecular weight is 466 g/mol. The number of carbonyl (C=O) groups excluding carboxylic acids is 1. The van der Waals surface area contributed by atoms with Crippen molar-refractivity contribution in [2.75, 3.05) is 52.7 Å². The summed E-state index contributed by atoms with van der Waals surface area (Å²) in [6.45, 7) is 12.3. The minimum Gasteiger partial charge on any atom is -0.492 e. The van der Waals surface area contributed by atoms with Crippen molar-refractivity contribution in [3.05, 3.63) is 53.1 Å². The van der Waals surface area contributed by atoms with Gasteiger partial charge in [0.25, 0.3) is 0 Å². The Kier molecular flexibility index (Phi) is 6.92. The van der Waals surface area contributed by atoms with E-state index in [1.54, 1.807) is 6.92 Å². The minimum atomic E-state index is 0.176. The summed E-state index contributed by atoms with van der Waals surface area (Å²) in [7, 11) is 0. The third kappa shape index (κ3) is 5.47. The molecule has 2 aromatic carbocycles. The van der Waals surface area contributed by atoms with Crippen LogP contribution in [-0.2, 0) is 24.3 Å². The molecule has 1 amide bonds. The maximum atomic E-state index is 11.6. The monoisotopic (exact) mass is 465 g/mol. The molecule has 182 valence electrons. The second-order valence-electron chi connectivity index (χ2n) is 9.80. The van der Waals surface area contributed by atoms with Crippen LogP contribution in [0.5, 0.6) is 17.2 Å². The van der Waals surface area contributed by atoms with E-state index in [1.807, 2.05) is 11.0 Å². The number of nitrogens with zero attached hydrogens (tertiary/aromatic N) is 3. The quantitative estimate of drug-likeness (QED) is 0.653. The van der Waals surface area contributed by atoms with Crippen molar-refractivity contribution >= 4 is 5.91 Å². The highest BCUT2D eigenvalue weighted by molar-refractivity contribution is 5.73. The van der Waals surface area contributed by atoms with Gasteiger partial charge in [0.05, 0.1) is 0 Å². The molecule has 34 heavy (non-hydrogen) atoms. The number of ether oxygens (including phenoxy) is 3. The molecule has 1 atom stereocenters. The predicted octanol–water partition coefficient (Wildman–Crippen LogP) is 3.15. The molecule has 1 fully saturated rings. The molecule has 0 N–H and O–H groups in total. The summed E-state index contributed by atoms with van der Waals surface area (Å²) in [4.78, 5) is 18.5. The zero-order valence-electron chi connectivity index (χ0n) is 20.3. The summed E-state index contributed by atoms with van der Waals surface area (Å²) in [5, 5.41) is 0. The number of hydrogen-bond donors (Lipinski definition) is 0. The van der Waals surface area contributed by atoms with Gasteiger partial charge < -0.3 is 19.1 Å². The van der Waals surface area contributed by atoms with Gasteiger partial charge in [-0.25, -0.2) is 0 Å². The average Bonchev–Trinajstić information content (AvgIpc) is 3.19. The number of carbonyl (C=O) groups is 1. The van der Waals surface area contributed by atoms with Gasteiger partial charge in [-0.2, -0.15) is 0 Å². The molecule has 0 saturated carbocycles. The first-order valence-corrected chi connectivity index (χ1v) is 12.4. The van der Waals surface area contributed by atoms with Crippen molar-refractivity contribution < 1.29 is 19.0 Å². The molecular formula is C27H35N3O4. The molecule has 0 spiro atoms. The Balaban J connectivity index is 1.18. The normalized spacial score (nSPS) is 19.3. The van der Waals surface area contributed by atoms with E-state index in [-0.39, 0.29) is 5.91 Å². The minimum absolute atomic E-state index is 0.176. The van der Waals surface area contributed by atoms with Crippen molar-refractivity contribution in [2.45, 2.75) is 33.4 Å². The zero-order valence-corrected chi connectivity index (χ0v) is 20.3. The van der Waals surface area contributed by atoms with Gasteiger partial charge in [0.15, 0.2) is 11.5 Å². The first-order chi connectivity index (χ1) is 16.5. The van der Waals surface area contributed by atoms with Crippen LogP contribution < -0.4 is 14.2 Å². The van der Waals surface area contributed by atoms with E-state index in [2.05, 4.69) is 47.1 Å². The Bertz CT molecular complexity index is 1020. The first kappa shape index (κ1) is 23.0. The molecule has 0 unspecified atom stereocenters. The van der Waals surface area contributed by atoms with E-state index in [9.17, 15) is 4.79 Å². The Morgan fingerprint density at radius 3 is 2.47 bits per heavy atom. The lowest BCUT2D eigenvalue weighted by Crippen LogP contribution is -2.47.